The van der Waals surface area contributed by atoms with E-state index in [-0.39, 0.29) is 69.8 Å². The second kappa shape index (κ2) is 12.7. The Morgan fingerprint density at radius 1 is 0.778 bits per heavy atom. The van der Waals surface area contributed by atoms with E-state index in [9.17, 15) is 0 Å². The topological polar surface area (TPSA) is 0 Å². The van der Waals surface area contributed by atoms with Gasteiger partial charge in [-0.3, -0.25) is 0 Å². The monoisotopic (exact) mass is 321 g/mol. The second-order valence-corrected chi connectivity index (χ2v) is 2.68. The maximum atomic E-state index is 2.12. The summed E-state index contributed by atoms with van der Waals surface area (Å²) in [6, 6.07) is 0. The van der Waals surface area contributed by atoms with E-state index in [0.29, 0.717) is 0 Å². The van der Waals surface area contributed by atoms with Crippen LogP contribution < -0.4 is 17.0 Å². The molecule has 0 saturated heterocycles. The van der Waals surface area contributed by atoms with Gasteiger partial charge in [0.25, 0.3) is 0 Å². The molecule has 0 unspecified atom stereocenters. The van der Waals surface area contributed by atoms with Crippen molar-refractivity contribution >= 4 is 52.8 Å². The van der Waals surface area contributed by atoms with Crippen LogP contribution in [0.15, 0.2) is 0 Å². The molecule has 0 N–H and O–H groups in total. The minimum atomic E-state index is 0. The van der Waals surface area contributed by atoms with Gasteiger partial charge >= 0.3 is 18.9 Å². The van der Waals surface area contributed by atoms with Crippen LogP contribution in [0.25, 0.3) is 0 Å². The van der Waals surface area contributed by atoms with Crippen molar-refractivity contribution in [2.75, 3.05) is 28.2 Å². The average Bonchev–Trinajstić information content (AvgIpc) is 0.722. The van der Waals surface area contributed by atoms with Gasteiger partial charge in [-0.1, -0.05) is 0 Å². The molecule has 0 aliphatic heterocycles. The van der Waals surface area contributed by atoms with Crippen molar-refractivity contribution in [3.8, 4) is 0 Å². The van der Waals surface area contributed by atoms with Gasteiger partial charge in [-0.2, -0.15) is 0 Å². The number of quaternary nitrogens is 1. The first-order valence-corrected chi connectivity index (χ1v) is 1.79. The Morgan fingerprint density at radius 2 is 0.778 bits per heavy atom. The van der Waals surface area contributed by atoms with Crippen molar-refractivity contribution in [2.24, 2.45) is 0 Å². The summed E-state index contributed by atoms with van der Waals surface area (Å²) in [5.74, 6) is 0. The molecule has 58 valence electrons. The van der Waals surface area contributed by atoms with Gasteiger partial charge in [-0.25, -0.2) is 0 Å². The van der Waals surface area contributed by atoms with E-state index < -0.39 is 0 Å². The van der Waals surface area contributed by atoms with Crippen molar-refractivity contribution in [1.29, 1.82) is 0 Å². The molecule has 0 radical (unpaired) electrons. The molecular formula is C4H15Br3LiN. The quantitative estimate of drug-likeness (QED) is 0.352. The third-order valence-electron chi connectivity index (χ3n) is 0. The van der Waals surface area contributed by atoms with Crippen molar-refractivity contribution in [1.82, 2.24) is 0 Å². The van der Waals surface area contributed by atoms with Gasteiger partial charge in [0.05, 0.1) is 28.2 Å². The molecule has 0 aliphatic rings. The third-order valence-corrected chi connectivity index (χ3v) is 0. The molecule has 0 spiro atoms. The zero-order valence-electron chi connectivity index (χ0n) is 5.64. The van der Waals surface area contributed by atoms with E-state index in [1.807, 2.05) is 0 Å². The number of hydrogen-bond donors (Lipinski definition) is 0. The van der Waals surface area contributed by atoms with Gasteiger partial charge in [0.15, 0.2) is 0 Å². The fourth-order valence-corrected chi connectivity index (χ4v) is 0. The summed E-state index contributed by atoms with van der Waals surface area (Å²) in [6.45, 7) is 0. The first kappa shape index (κ1) is 30.6. The molecular weight excluding hydrogens is 309 g/mol. The van der Waals surface area contributed by atoms with Crippen LogP contribution in [0.4, 0.5) is 0 Å². The van der Waals surface area contributed by atoms with Crippen molar-refractivity contribution in [3.63, 3.8) is 0 Å². The third kappa shape index (κ3) is 160. The van der Waals surface area contributed by atoms with Crippen LogP contribution in [0.2, 0.25) is 0 Å². The molecule has 1 nitrogen and oxygen atoms in total. The van der Waals surface area contributed by atoms with Gasteiger partial charge < -0.3 is 21.5 Å². The number of nitrogens with zero attached hydrogens (tertiary/aromatic N) is 1. The Labute approximate surface area is 102 Å². The predicted octanol–water partition coefficient (Wildman–Crippen LogP) is -2.17. The molecule has 0 rings (SSSR count). The summed E-state index contributed by atoms with van der Waals surface area (Å²) >= 11 is 0. The SMILES string of the molecule is Br.Br.C[N+](C)(C)C.[Br-].[LiH]. The summed E-state index contributed by atoms with van der Waals surface area (Å²) in [6.07, 6.45) is 0. The fraction of sp³-hybridized carbons (Fsp3) is 1.00. The molecule has 0 aliphatic carbocycles. The molecule has 0 fully saturated rings. The van der Waals surface area contributed by atoms with Gasteiger partial charge in [0, 0.05) is 0 Å². The molecule has 0 heterocycles. The predicted molar refractivity (Wildman–Crippen MR) is 51.7 cm³/mol. The van der Waals surface area contributed by atoms with Crippen LogP contribution >= 0.6 is 34.0 Å². The van der Waals surface area contributed by atoms with Gasteiger partial charge in [-0.05, 0) is 0 Å². The molecule has 0 aromatic carbocycles. The number of rotatable bonds is 0. The zero-order valence-corrected chi connectivity index (χ0v) is 10.7. The van der Waals surface area contributed by atoms with Crippen LogP contribution in [-0.4, -0.2) is 51.5 Å². The molecule has 5 heteroatoms. The second-order valence-electron chi connectivity index (χ2n) is 2.68. The van der Waals surface area contributed by atoms with E-state index >= 15 is 0 Å². The van der Waals surface area contributed by atoms with Crippen LogP contribution in [-0.2, 0) is 0 Å². The van der Waals surface area contributed by atoms with E-state index in [1.165, 1.54) is 0 Å². The fourth-order valence-electron chi connectivity index (χ4n) is 0. The van der Waals surface area contributed by atoms with Crippen molar-refractivity contribution in [3.05, 3.63) is 0 Å². The Morgan fingerprint density at radius 3 is 0.778 bits per heavy atom. The van der Waals surface area contributed by atoms with Crippen molar-refractivity contribution in [2.45, 2.75) is 0 Å². The summed E-state index contributed by atoms with van der Waals surface area (Å²) in [7, 11) is 8.50. The molecule has 9 heavy (non-hydrogen) atoms. The molecule has 0 aromatic heterocycles. The normalized spacial score (nSPS) is 6.67. The molecule has 0 saturated carbocycles. The average molecular weight is 324 g/mol. The van der Waals surface area contributed by atoms with E-state index in [0.717, 1.165) is 4.48 Å². The summed E-state index contributed by atoms with van der Waals surface area (Å²) in [5.41, 5.74) is 0. The first-order chi connectivity index (χ1) is 2.00. The first-order valence-electron chi connectivity index (χ1n) is 1.79. The van der Waals surface area contributed by atoms with Crippen LogP contribution in [0, 0.1) is 0 Å². The number of hydrogen-bond acceptors (Lipinski definition) is 0. The molecule has 0 atom stereocenters. The zero-order chi connectivity index (χ0) is 4.50. The minimum absolute atomic E-state index is 0. The Hall–Kier alpha value is 2.00. The van der Waals surface area contributed by atoms with Gasteiger partial charge in [-0.15, -0.1) is 34.0 Å². The van der Waals surface area contributed by atoms with Crippen molar-refractivity contribution < 1.29 is 21.5 Å². The van der Waals surface area contributed by atoms with Gasteiger partial charge in [0.2, 0.25) is 0 Å². The standard InChI is InChI=1S/C4H12N.3BrH.Li.H/c1-5(2,3)4;;;;;/h1-4H3;3*1H;;/q+1;;;;;/p-1. The van der Waals surface area contributed by atoms with E-state index in [4.69, 9.17) is 0 Å². The van der Waals surface area contributed by atoms with E-state index in [1.54, 1.807) is 0 Å². The van der Waals surface area contributed by atoms with Crippen LogP contribution in [0.5, 0.6) is 0 Å². The van der Waals surface area contributed by atoms with Crippen LogP contribution in [0.1, 0.15) is 0 Å². The summed E-state index contributed by atoms with van der Waals surface area (Å²) < 4.78 is 1.00. The Bertz CT molecular complexity index is 31.3. The Balaban J connectivity index is -0.0000000133. The van der Waals surface area contributed by atoms with Gasteiger partial charge in [0.1, 0.15) is 0 Å². The summed E-state index contributed by atoms with van der Waals surface area (Å²) in [5, 5.41) is 0. The maximum absolute atomic E-state index is 2.12. The molecule has 0 amide bonds. The molecule has 0 bridgehead atoms. The summed E-state index contributed by atoms with van der Waals surface area (Å²) in [4.78, 5) is 0. The molecule has 0 aromatic rings. The van der Waals surface area contributed by atoms with E-state index in [2.05, 4.69) is 28.2 Å². The Kier molecular flexibility index (Phi) is 43.0. The van der Waals surface area contributed by atoms with Crippen LogP contribution in [0.3, 0.4) is 0 Å². The number of halogens is 3.